The number of hydrogen-bond donors (Lipinski definition) is 4. The molecular formula is C24H21N5O3. The second-order valence-electron chi connectivity index (χ2n) is 7.31. The minimum Gasteiger partial charge on any atom is -0.373 e. The number of primary amides is 1. The van der Waals surface area contributed by atoms with Crippen molar-refractivity contribution in [3.63, 3.8) is 0 Å². The molecule has 1 amide bonds. The van der Waals surface area contributed by atoms with E-state index in [9.17, 15) is 14.4 Å². The maximum Gasteiger partial charge on any atom is 0.253 e. The number of nitrogens with two attached hydrogens (primary N) is 1. The van der Waals surface area contributed by atoms with Gasteiger partial charge in [-0.25, -0.2) is 4.98 Å². The predicted molar refractivity (Wildman–Crippen MR) is 126 cm³/mol. The Morgan fingerprint density at radius 2 is 1.59 bits per heavy atom. The van der Waals surface area contributed by atoms with E-state index in [1.54, 1.807) is 42.6 Å². The van der Waals surface area contributed by atoms with Crippen LogP contribution in [0.5, 0.6) is 0 Å². The number of benzene rings is 2. The van der Waals surface area contributed by atoms with Crippen molar-refractivity contribution in [2.24, 2.45) is 5.73 Å². The highest BCUT2D eigenvalue weighted by molar-refractivity contribution is 5.93. The Balaban J connectivity index is 1.52. The molecule has 0 aliphatic heterocycles. The van der Waals surface area contributed by atoms with E-state index in [4.69, 9.17) is 5.73 Å². The lowest BCUT2D eigenvalue weighted by atomic mass is 10.1. The number of hydrogen-bond acceptors (Lipinski definition) is 7. The Labute approximate surface area is 183 Å². The zero-order valence-corrected chi connectivity index (χ0v) is 17.3. The molecule has 0 aliphatic carbocycles. The van der Waals surface area contributed by atoms with Crippen molar-refractivity contribution in [3.8, 4) is 0 Å². The van der Waals surface area contributed by atoms with Gasteiger partial charge < -0.3 is 21.7 Å². The van der Waals surface area contributed by atoms with E-state index in [-0.39, 0.29) is 17.4 Å². The highest BCUT2D eigenvalue weighted by Gasteiger charge is 2.23. The van der Waals surface area contributed by atoms with Crippen LogP contribution in [0.15, 0.2) is 82.5 Å². The van der Waals surface area contributed by atoms with Gasteiger partial charge >= 0.3 is 0 Å². The van der Waals surface area contributed by atoms with E-state index in [2.05, 4.69) is 20.9 Å². The number of pyridine rings is 1. The summed E-state index contributed by atoms with van der Waals surface area (Å²) in [7, 11) is 0. The molecule has 4 aromatic rings. The quantitative estimate of drug-likeness (QED) is 0.317. The third-order valence-electron chi connectivity index (χ3n) is 5.02. The molecule has 8 nitrogen and oxygen atoms in total. The van der Waals surface area contributed by atoms with Gasteiger partial charge in [0.2, 0.25) is 5.91 Å². The molecular weight excluding hydrogens is 406 g/mol. The molecule has 0 spiro atoms. The third kappa shape index (κ3) is 4.34. The molecule has 32 heavy (non-hydrogen) atoms. The van der Waals surface area contributed by atoms with Crippen LogP contribution in [0.1, 0.15) is 28.9 Å². The summed E-state index contributed by atoms with van der Waals surface area (Å²) >= 11 is 0. The third-order valence-corrected chi connectivity index (χ3v) is 5.02. The maximum absolute atomic E-state index is 12.2. The summed E-state index contributed by atoms with van der Waals surface area (Å²) < 4.78 is 0. The van der Waals surface area contributed by atoms with E-state index < -0.39 is 16.8 Å². The monoisotopic (exact) mass is 427 g/mol. The lowest BCUT2D eigenvalue weighted by molar-refractivity contribution is 0.100. The van der Waals surface area contributed by atoms with Crippen LogP contribution in [-0.4, -0.2) is 10.9 Å². The van der Waals surface area contributed by atoms with Crippen molar-refractivity contribution in [1.29, 1.82) is 0 Å². The first-order valence-electron chi connectivity index (χ1n) is 9.97. The molecule has 0 saturated heterocycles. The van der Waals surface area contributed by atoms with Crippen molar-refractivity contribution in [3.05, 3.63) is 105 Å². The van der Waals surface area contributed by atoms with Crippen LogP contribution in [-0.2, 0) is 0 Å². The molecule has 0 bridgehead atoms. The Kier molecular flexibility index (Phi) is 5.67. The fourth-order valence-corrected chi connectivity index (χ4v) is 3.31. The highest BCUT2D eigenvalue weighted by atomic mass is 16.2. The number of rotatable bonds is 8. The second-order valence-corrected chi connectivity index (χ2v) is 7.31. The summed E-state index contributed by atoms with van der Waals surface area (Å²) in [6.45, 7) is 1.92. The number of nitrogens with zero attached hydrogens (tertiary/aromatic N) is 1. The summed E-state index contributed by atoms with van der Waals surface area (Å²) in [5, 5.41) is 9.23. The Morgan fingerprint density at radius 1 is 0.875 bits per heavy atom. The smallest absolute Gasteiger partial charge is 0.253 e. The van der Waals surface area contributed by atoms with Gasteiger partial charge in [0.1, 0.15) is 17.2 Å². The standard InChI is InChI=1S/C24H21N5O3/c1-14(15-6-3-2-4-7-15)27-20-21(23(31)22(20)30)29-18-10-11-26-19(13-18)28-17-9-5-8-16(12-17)24(25)32/h2-14,27H,1H3,(H2,25,32)(H2,26,28,29)/t14-/m1/s1. The average Bonchev–Trinajstić information content (AvgIpc) is 2.82. The number of carbonyl (C=O) groups is 1. The Bertz CT molecular complexity index is 1340. The molecule has 4 rings (SSSR count). The molecule has 1 atom stereocenters. The van der Waals surface area contributed by atoms with Crippen LogP contribution in [0.2, 0.25) is 0 Å². The molecule has 0 unspecified atom stereocenters. The molecule has 0 saturated carbocycles. The molecule has 1 heterocycles. The van der Waals surface area contributed by atoms with Gasteiger partial charge in [-0.3, -0.25) is 14.4 Å². The highest BCUT2D eigenvalue weighted by Crippen LogP contribution is 2.26. The summed E-state index contributed by atoms with van der Waals surface area (Å²) in [5.74, 6) is -0.0376. The molecule has 0 aliphatic rings. The first kappa shape index (κ1) is 20.8. The van der Waals surface area contributed by atoms with Crippen LogP contribution < -0.4 is 32.5 Å². The van der Waals surface area contributed by atoms with Crippen molar-refractivity contribution in [2.45, 2.75) is 13.0 Å². The van der Waals surface area contributed by atoms with E-state index in [0.717, 1.165) is 5.56 Å². The average molecular weight is 427 g/mol. The lowest BCUT2D eigenvalue weighted by Crippen LogP contribution is -2.37. The molecule has 5 N–H and O–H groups in total. The van der Waals surface area contributed by atoms with Crippen LogP contribution in [0.4, 0.5) is 28.6 Å². The minimum absolute atomic E-state index is 0.146. The van der Waals surface area contributed by atoms with Gasteiger partial charge in [-0.05, 0) is 36.8 Å². The van der Waals surface area contributed by atoms with E-state index in [0.29, 0.717) is 22.8 Å². The molecule has 3 aromatic carbocycles. The molecule has 1 aromatic heterocycles. The number of carbonyl (C=O) groups excluding carboxylic acids is 1. The van der Waals surface area contributed by atoms with Gasteiger partial charge in [0.15, 0.2) is 0 Å². The SMILES string of the molecule is C[C@@H](Nc1c(Nc2ccnc(Nc3cccc(C(N)=O)c3)c2)c(=O)c1=O)c1ccccc1. The summed E-state index contributed by atoms with van der Waals surface area (Å²) in [6.07, 6.45) is 1.56. The Morgan fingerprint density at radius 3 is 2.34 bits per heavy atom. The van der Waals surface area contributed by atoms with Crippen molar-refractivity contribution in [2.75, 3.05) is 16.0 Å². The van der Waals surface area contributed by atoms with Crippen molar-refractivity contribution in [1.82, 2.24) is 4.98 Å². The largest absolute Gasteiger partial charge is 0.373 e. The number of nitrogens with one attached hydrogen (secondary N) is 3. The first-order chi connectivity index (χ1) is 15.4. The number of amides is 1. The van der Waals surface area contributed by atoms with Crippen molar-refractivity contribution < 1.29 is 4.79 Å². The fourth-order valence-electron chi connectivity index (χ4n) is 3.31. The van der Waals surface area contributed by atoms with Crippen LogP contribution in [0.25, 0.3) is 0 Å². The molecule has 160 valence electrons. The Hall–Kier alpha value is -4.46. The topological polar surface area (TPSA) is 126 Å². The van der Waals surface area contributed by atoms with E-state index >= 15 is 0 Å². The van der Waals surface area contributed by atoms with Gasteiger partial charge in [-0.1, -0.05) is 36.4 Å². The fraction of sp³-hybridized carbons (Fsp3) is 0.0833. The minimum atomic E-state index is -0.576. The van der Waals surface area contributed by atoms with Crippen LogP contribution in [0, 0.1) is 0 Å². The summed E-state index contributed by atoms with van der Waals surface area (Å²) in [5.41, 5.74) is 7.26. The van der Waals surface area contributed by atoms with E-state index in [1.807, 2.05) is 37.3 Å². The normalized spacial score (nSPS) is 11.7. The second kappa shape index (κ2) is 8.73. The van der Waals surface area contributed by atoms with Crippen LogP contribution >= 0.6 is 0 Å². The molecule has 0 fully saturated rings. The number of anilines is 5. The van der Waals surface area contributed by atoms with Gasteiger partial charge in [-0.15, -0.1) is 0 Å². The van der Waals surface area contributed by atoms with Gasteiger partial charge in [0, 0.05) is 35.2 Å². The predicted octanol–water partition coefficient (Wildman–Crippen LogP) is 3.44. The van der Waals surface area contributed by atoms with Crippen molar-refractivity contribution >= 4 is 34.5 Å². The summed E-state index contributed by atoms with van der Waals surface area (Å²) in [6, 6.07) is 19.6. The molecule has 0 radical (unpaired) electrons. The van der Waals surface area contributed by atoms with Gasteiger partial charge in [0.25, 0.3) is 10.9 Å². The zero-order chi connectivity index (χ0) is 22.7. The zero-order valence-electron chi connectivity index (χ0n) is 17.3. The molecule has 8 heteroatoms. The number of aromatic nitrogens is 1. The lowest BCUT2D eigenvalue weighted by Gasteiger charge is -2.20. The van der Waals surface area contributed by atoms with Crippen LogP contribution in [0.3, 0.4) is 0 Å². The summed E-state index contributed by atoms with van der Waals surface area (Å²) in [4.78, 5) is 40.0. The first-order valence-corrected chi connectivity index (χ1v) is 9.97. The van der Waals surface area contributed by atoms with Gasteiger partial charge in [0.05, 0.1) is 0 Å². The van der Waals surface area contributed by atoms with Gasteiger partial charge in [-0.2, -0.15) is 0 Å². The maximum atomic E-state index is 12.2. The van der Waals surface area contributed by atoms with E-state index in [1.165, 1.54) is 0 Å².